The Balaban J connectivity index is 3.38. The van der Waals surface area contributed by atoms with Crippen LogP contribution in [-0.4, -0.2) is 12.1 Å². The number of benzene rings is 1. The maximum absolute atomic E-state index is 11.1. The Kier molecular flexibility index (Phi) is 2.98. The van der Waals surface area contributed by atoms with Crippen LogP contribution in [0.1, 0.15) is 33.2 Å². The van der Waals surface area contributed by atoms with Crippen LogP contribution in [0.25, 0.3) is 0 Å². The molecule has 1 aromatic rings. The van der Waals surface area contributed by atoms with E-state index in [0.717, 1.165) is 16.3 Å². The molecule has 0 fully saturated rings. The molecule has 0 bridgehead atoms. The normalized spacial score (nSPS) is 9.77. The van der Waals surface area contributed by atoms with Gasteiger partial charge in [-0.15, -0.1) is 0 Å². The van der Waals surface area contributed by atoms with Gasteiger partial charge in [-0.2, -0.15) is 0 Å². The van der Waals surface area contributed by atoms with Gasteiger partial charge in [0.1, 0.15) is 0 Å². The van der Waals surface area contributed by atoms with Gasteiger partial charge >= 0.3 is 0 Å². The minimum absolute atomic E-state index is 0.0203. The SMILES string of the molecule is CC(=O)c1cc(C=O)c(Br)cc1C. The summed E-state index contributed by atoms with van der Waals surface area (Å²) in [5, 5.41) is 0. The molecule has 2 nitrogen and oxygen atoms in total. The molecule has 0 saturated heterocycles. The Hall–Kier alpha value is -0.960. The molecule has 0 aromatic heterocycles. The van der Waals surface area contributed by atoms with Gasteiger partial charge in [0.05, 0.1) is 0 Å². The number of ketones is 1. The van der Waals surface area contributed by atoms with E-state index in [1.54, 1.807) is 12.1 Å². The highest BCUT2D eigenvalue weighted by Crippen LogP contribution is 2.20. The molecule has 0 N–H and O–H groups in total. The Morgan fingerprint density at radius 2 is 2.08 bits per heavy atom. The van der Waals surface area contributed by atoms with E-state index in [-0.39, 0.29) is 5.78 Å². The van der Waals surface area contributed by atoms with Crippen LogP contribution in [0.4, 0.5) is 0 Å². The summed E-state index contributed by atoms with van der Waals surface area (Å²) >= 11 is 3.25. The summed E-state index contributed by atoms with van der Waals surface area (Å²) in [5.41, 5.74) is 1.99. The molecular weight excluding hydrogens is 232 g/mol. The summed E-state index contributed by atoms with van der Waals surface area (Å²) in [7, 11) is 0. The predicted molar refractivity (Wildman–Crippen MR) is 54.3 cm³/mol. The van der Waals surface area contributed by atoms with Gasteiger partial charge in [0, 0.05) is 15.6 Å². The molecule has 0 aliphatic carbocycles. The predicted octanol–water partition coefficient (Wildman–Crippen LogP) is 2.77. The van der Waals surface area contributed by atoms with Gasteiger partial charge in [-0.05, 0) is 31.5 Å². The van der Waals surface area contributed by atoms with Crippen LogP contribution in [0.2, 0.25) is 0 Å². The van der Waals surface area contributed by atoms with Crippen LogP contribution < -0.4 is 0 Å². The van der Waals surface area contributed by atoms with Crippen molar-refractivity contribution in [1.82, 2.24) is 0 Å². The fraction of sp³-hybridized carbons (Fsp3) is 0.200. The number of carbonyl (C=O) groups excluding carboxylic acids is 2. The van der Waals surface area contributed by atoms with Crippen LogP contribution >= 0.6 is 15.9 Å². The van der Waals surface area contributed by atoms with Gasteiger partial charge in [-0.1, -0.05) is 15.9 Å². The summed E-state index contributed by atoms with van der Waals surface area (Å²) in [4.78, 5) is 21.7. The molecule has 0 amide bonds. The van der Waals surface area contributed by atoms with Crippen molar-refractivity contribution < 1.29 is 9.59 Å². The number of aldehydes is 1. The average Bonchev–Trinajstić information content (AvgIpc) is 2.03. The molecule has 0 radical (unpaired) electrons. The zero-order chi connectivity index (χ0) is 10.0. The second-order valence-corrected chi connectivity index (χ2v) is 3.72. The second-order valence-electron chi connectivity index (χ2n) is 2.86. The van der Waals surface area contributed by atoms with Gasteiger partial charge in [0.2, 0.25) is 0 Å². The largest absolute Gasteiger partial charge is 0.298 e. The van der Waals surface area contributed by atoms with Crippen LogP contribution in [0.5, 0.6) is 0 Å². The van der Waals surface area contributed by atoms with E-state index >= 15 is 0 Å². The fourth-order valence-corrected chi connectivity index (χ4v) is 1.71. The number of aryl methyl sites for hydroxylation is 1. The van der Waals surface area contributed by atoms with E-state index in [9.17, 15) is 9.59 Å². The molecule has 0 saturated carbocycles. The summed E-state index contributed by atoms with van der Waals surface area (Å²) in [6, 6.07) is 3.38. The topological polar surface area (TPSA) is 34.1 Å². The molecule has 0 heterocycles. The summed E-state index contributed by atoms with van der Waals surface area (Å²) < 4.78 is 0.727. The van der Waals surface area contributed by atoms with Crippen LogP contribution in [0.3, 0.4) is 0 Å². The quantitative estimate of drug-likeness (QED) is 0.589. The number of halogens is 1. The van der Waals surface area contributed by atoms with Crippen molar-refractivity contribution in [1.29, 1.82) is 0 Å². The molecule has 0 spiro atoms. The van der Waals surface area contributed by atoms with E-state index in [0.29, 0.717) is 11.1 Å². The highest BCUT2D eigenvalue weighted by molar-refractivity contribution is 9.10. The highest BCUT2D eigenvalue weighted by Gasteiger charge is 2.07. The van der Waals surface area contributed by atoms with Crippen LogP contribution in [0.15, 0.2) is 16.6 Å². The van der Waals surface area contributed by atoms with Gasteiger partial charge in [-0.3, -0.25) is 9.59 Å². The Labute approximate surface area is 85.1 Å². The fourth-order valence-electron chi connectivity index (χ4n) is 1.16. The van der Waals surface area contributed by atoms with Crippen molar-refractivity contribution in [2.75, 3.05) is 0 Å². The van der Waals surface area contributed by atoms with Crippen molar-refractivity contribution in [3.8, 4) is 0 Å². The lowest BCUT2D eigenvalue weighted by molar-refractivity contribution is 0.101. The minimum Gasteiger partial charge on any atom is -0.298 e. The van der Waals surface area contributed by atoms with Gasteiger partial charge < -0.3 is 0 Å². The van der Waals surface area contributed by atoms with E-state index < -0.39 is 0 Å². The summed E-state index contributed by atoms with van der Waals surface area (Å²) in [5.74, 6) is -0.0203. The third kappa shape index (κ3) is 2.04. The van der Waals surface area contributed by atoms with Gasteiger partial charge in [-0.25, -0.2) is 0 Å². The highest BCUT2D eigenvalue weighted by atomic mass is 79.9. The lowest BCUT2D eigenvalue weighted by Gasteiger charge is -2.04. The molecule has 0 unspecified atom stereocenters. The first-order valence-electron chi connectivity index (χ1n) is 3.82. The molecule has 0 aliphatic heterocycles. The van der Waals surface area contributed by atoms with Crippen molar-refractivity contribution in [2.45, 2.75) is 13.8 Å². The summed E-state index contributed by atoms with van der Waals surface area (Å²) in [6.45, 7) is 3.33. The number of hydrogen-bond donors (Lipinski definition) is 0. The molecule has 1 rings (SSSR count). The zero-order valence-corrected chi connectivity index (χ0v) is 9.01. The zero-order valence-electron chi connectivity index (χ0n) is 7.43. The number of carbonyl (C=O) groups is 2. The number of hydrogen-bond acceptors (Lipinski definition) is 2. The Bertz CT molecular complexity index is 369. The molecular formula is C10H9BrO2. The smallest absolute Gasteiger partial charge is 0.160 e. The van der Waals surface area contributed by atoms with Crippen LogP contribution in [0, 0.1) is 6.92 Å². The number of Topliss-reactive ketones (excluding diaryl/α,β-unsaturated/α-hetero) is 1. The molecule has 3 heteroatoms. The first-order valence-corrected chi connectivity index (χ1v) is 4.62. The van der Waals surface area contributed by atoms with E-state index in [2.05, 4.69) is 15.9 Å². The Morgan fingerprint density at radius 3 is 2.54 bits per heavy atom. The monoisotopic (exact) mass is 240 g/mol. The lowest BCUT2D eigenvalue weighted by atomic mass is 10.0. The van der Waals surface area contributed by atoms with Crippen LogP contribution in [-0.2, 0) is 0 Å². The third-order valence-corrected chi connectivity index (χ3v) is 2.54. The molecule has 68 valence electrons. The number of rotatable bonds is 2. The molecule has 13 heavy (non-hydrogen) atoms. The van der Waals surface area contributed by atoms with Gasteiger partial charge in [0.25, 0.3) is 0 Å². The van der Waals surface area contributed by atoms with E-state index in [1.165, 1.54) is 6.92 Å². The van der Waals surface area contributed by atoms with Gasteiger partial charge in [0.15, 0.2) is 12.1 Å². The Morgan fingerprint density at radius 1 is 1.46 bits per heavy atom. The molecule has 0 aliphatic rings. The minimum atomic E-state index is -0.0203. The lowest BCUT2D eigenvalue weighted by Crippen LogP contribution is -1.98. The van der Waals surface area contributed by atoms with Crippen molar-refractivity contribution in [3.63, 3.8) is 0 Å². The maximum atomic E-state index is 11.1. The first kappa shape index (κ1) is 10.1. The first-order chi connectivity index (χ1) is 6.06. The van der Waals surface area contributed by atoms with Crippen molar-refractivity contribution >= 4 is 28.0 Å². The summed E-state index contributed by atoms with van der Waals surface area (Å²) in [6.07, 6.45) is 0.732. The average molecular weight is 241 g/mol. The standard InChI is InChI=1S/C10H9BrO2/c1-6-3-10(11)8(5-12)4-9(6)7(2)13/h3-5H,1-2H3. The molecule has 1 aromatic carbocycles. The maximum Gasteiger partial charge on any atom is 0.160 e. The third-order valence-electron chi connectivity index (χ3n) is 1.85. The van der Waals surface area contributed by atoms with Crippen molar-refractivity contribution in [3.05, 3.63) is 33.3 Å². The van der Waals surface area contributed by atoms with E-state index in [1.807, 2.05) is 6.92 Å². The second kappa shape index (κ2) is 3.83. The van der Waals surface area contributed by atoms with Crippen molar-refractivity contribution in [2.24, 2.45) is 0 Å². The molecule has 0 atom stereocenters. The van der Waals surface area contributed by atoms with E-state index in [4.69, 9.17) is 0 Å².